The van der Waals surface area contributed by atoms with E-state index in [0.29, 0.717) is 12.5 Å². The predicted molar refractivity (Wildman–Crippen MR) is 60.4 cm³/mol. The van der Waals surface area contributed by atoms with Gasteiger partial charge in [0.25, 0.3) is 0 Å². The van der Waals surface area contributed by atoms with Crippen LogP contribution in [0.4, 0.5) is 0 Å². The van der Waals surface area contributed by atoms with E-state index in [1.54, 1.807) is 0 Å². The maximum absolute atomic E-state index is 10.1. The minimum Gasteiger partial charge on any atom is -0.457 e. The van der Waals surface area contributed by atoms with E-state index in [9.17, 15) is 4.79 Å². The van der Waals surface area contributed by atoms with Crippen molar-refractivity contribution in [3.63, 3.8) is 0 Å². The van der Waals surface area contributed by atoms with Crippen LogP contribution in [0.5, 0.6) is 0 Å². The fraction of sp³-hybridized carbons (Fsp3) is 0.462. The number of unbranched alkanes of at least 4 members (excludes halogenated alkanes) is 1. The van der Waals surface area contributed by atoms with E-state index in [4.69, 9.17) is 4.74 Å². The van der Waals surface area contributed by atoms with Crippen molar-refractivity contribution in [2.75, 3.05) is 6.61 Å². The maximum Gasteiger partial charge on any atom is 0.417 e. The number of hydrogen-bond donors (Lipinski definition) is 0. The minimum atomic E-state index is 0.313. The monoisotopic (exact) mass is 205 g/mol. The molecule has 2 nitrogen and oxygen atoms in total. The molecule has 0 aromatic heterocycles. The Hall–Kier alpha value is -1.31. The molecule has 0 heterocycles. The molecule has 2 heteroatoms. The third-order valence-electron chi connectivity index (χ3n) is 2.52. The molecule has 0 N–H and O–H groups in total. The van der Waals surface area contributed by atoms with Crippen LogP contribution < -0.4 is 0 Å². The largest absolute Gasteiger partial charge is 0.457 e. The molecular weight excluding hydrogens is 188 g/mol. The summed E-state index contributed by atoms with van der Waals surface area (Å²) in [5.41, 5.74) is 1.24. The van der Waals surface area contributed by atoms with Crippen molar-refractivity contribution in [1.82, 2.24) is 0 Å². The molecule has 0 saturated carbocycles. The van der Waals surface area contributed by atoms with Gasteiger partial charge in [0.15, 0.2) is 0 Å². The molecule has 1 atom stereocenters. The van der Waals surface area contributed by atoms with E-state index in [-0.39, 0.29) is 0 Å². The standard InChI is InChI=1S/C13H17O2/c1-2-3-7-13(10-15-11-14)12-8-5-4-6-9-12/h4-6,8-9,13H,2-3,7,10H2,1H3. The molecule has 1 radical (unpaired) electrons. The highest BCUT2D eigenvalue weighted by Gasteiger charge is 2.11. The normalized spacial score (nSPS) is 12.1. The topological polar surface area (TPSA) is 26.3 Å². The lowest BCUT2D eigenvalue weighted by atomic mass is 9.94. The zero-order chi connectivity index (χ0) is 10.9. The van der Waals surface area contributed by atoms with Gasteiger partial charge in [0.05, 0.1) is 6.61 Å². The maximum atomic E-state index is 10.1. The van der Waals surface area contributed by atoms with Gasteiger partial charge in [0.2, 0.25) is 0 Å². The Balaban J connectivity index is 2.58. The van der Waals surface area contributed by atoms with Crippen molar-refractivity contribution in [1.29, 1.82) is 0 Å². The Bertz CT molecular complexity index is 269. The first kappa shape index (κ1) is 11.8. The zero-order valence-electron chi connectivity index (χ0n) is 9.11. The molecule has 15 heavy (non-hydrogen) atoms. The number of hydrogen-bond acceptors (Lipinski definition) is 2. The van der Waals surface area contributed by atoms with Crippen LogP contribution in [0.3, 0.4) is 0 Å². The first-order valence-electron chi connectivity index (χ1n) is 5.42. The lowest BCUT2D eigenvalue weighted by Gasteiger charge is -2.15. The molecule has 81 valence electrons. The lowest BCUT2D eigenvalue weighted by Crippen LogP contribution is -2.07. The van der Waals surface area contributed by atoms with Crippen LogP contribution in [-0.2, 0) is 9.53 Å². The van der Waals surface area contributed by atoms with E-state index in [2.05, 4.69) is 19.1 Å². The number of benzene rings is 1. The highest BCUT2D eigenvalue weighted by atomic mass is 16.5. The quantitative estimate of drug-likeness (QED) is 0.684. The first-order chi connectivity index (χ1) is 7.38. The SMILES string of the molecule is CCCCC(CO[C]=O)c1ccccc1. The number of carbonyl (C=O) groups excluding carboxylic acids is 1. The summed E-state index contributed by atoms with van der Waals surface area (Å²) in [4.78, 5) is 10.1. The molecule has 0 bridgehead atoms. The van der Waals surface area contributed by atoms with Gasteiger partial charge >= 0.3 is 6.47 Å². The van der Waals surface area contributed by atoms with E-state index < -0.39 is 0 Å². The van der Waals surface area contributed by atoms with E-state index >= 15 is 0 Å². The average molecular weight is 205 g/mol. The van der Waals surface area contributed by atoms with Crippen LogP contribution in [-0.4, -0.2) is 13.1 Å². The van der Waals surface area contributed by atoms with Gasteiger partial charge in [-0.05, 0) is 12.0 Å². The second kappa shape index (κ2) is 7.04. The summed E-state index contributed by atoms with van der Waals surface area (Å²) < 4.78 is 4.74. The molecule has 0 aliphatic carbocycles. The third-order valence-corrected chi connectivity index (χ3v) is 2.52. The van der Waals surface area contributed by atoms with E-state index in [0.717, 1.165) is 19.3 Å². The van der Waals surface area contributed by atoms with E-state index in [1.807, 2.05) is 18.2 Å². The summed E-state index contributed by atoms with van der Waals surface area (Å²) in [5, 5.41) is 0. The predicted octanol–water partition coefficient (Wildman–Crippen LogP) is 3.04. The number of ether oxygens (including phenoxy) is 1. The summed E-state index contributed by atoms with van der Waals surface area (Å²) in [6.45, 7) is 4.09. The van der Waals surface area contributed by atoms with Gasteiger partial charge in [0, 0.05) is 5.92 Å². The van der Waals surface area contributed by atoms with Crippen molar-refractivity contribution >= 4 is 6.47 Å². The van der Waals surface area contributed by atoms with Gasteiger partial charge in [-0.2, -0.15) is 0 Å². The van der Waals surface area contributed by atoms with Crippen LogP contribution in [0.15, 0.2) is 30.3 Å². The highest BCUT2D eigenvalue weighted by Crippen LogP contribution is 2.21. The summed E-state index contributed by atoms with van der Waals surface area (Å²) >= 11 is 0. The molecule has 0 spiro atoms. The third kappa shape index (κ3) is 4.15. The molecule has 1 aromatic rings. The van der Waals surface area contributed by atoms with Gasteiger partial charge in [-0.3, -0.25) is 0 Å². The molecule has 0 amide bonds. The number of rotatable bonds is 7. The summed E-state index contributed by atoms with van der Waals surface area (Å²) in [7, 11) is 0. The van der Waals surface area contributed by atoms with Gasteiger partial charge < -0.3 is 4.74 Å². The van der Waals surface area contributed by atoms with Crippen molar-refractivity contribution in [2.45, 2.75) is 32.1 Å². The molecule has 1 rings (SSSR count). The Morgan fingerprint density at radius 3 is 2.67 bits per heavy atom. The lowest BCUT2D eigenvalue weighted by molar-refractivity contribution is 0.248. The Kier molecular flexibility index (Phi) is 5.52. The van der Waals surface area contributed by atoms with E-state index in [1.165, 1.54) is 12.0 Å². The molecule has 1 aromatic carbocycles. The molecule has 1 unspecified atom stereocenters. The van der Waals surface area contributed by atoms with Crippen LogP contribution >= 0.6 is 0 Å². The van der Waals surface area contributed by atoms with Crippen LogP contribution in [0, 0.1) is 0 Å². The van der Waals surface area contributed by atoms with Crippen molar-refractivity contribution < 1.29 is 9.53 Å². The van der Waals surface area contributed by atoms with Crippen LogP contribution in [0.2, 0.25) is 0 Å². The average Bonchev–Trinajstić information content (AvgIpc) is 2.30. The van der Waals surface area contributed by atoms with Crippen LogP contribution in [0.25, 0.3) is 0 Å². The molecular formula is C13H17O2. The Labute approximate surface area is 91.3 Å². The van der Waals surface area contributed by atoms with Crippen molar-refractivity contribution in [3.05, 3.63) is 35.9 Å². The molecule has 0 fully saturated rings. The summed E-state index contributed by atoms with van der Waals surface area (Å²) in [6, 6.07) is 10.2. The second-order valence-corrected chi connectivity index (χ2v) is 3.64. The molecule has 0 saturated heterocycles. The van der Waals surface area contributed by atoms with Crippen molar-refractivity contribution in [2.24, 2.45) is 0 Å². The van der Waals surface area contributed by atoms with Gasteiger partial charge in [0.1, 0.15) is 0 Å². The fourth-order valence-corrected chi connectivity index (χ4v) is 1.66. The molecule has 0 aliphatic heterocycles. The summed E-state index contributed by atoms with van der Waals surface area (Å²) in [6.07, 6.45) is 3.37. The highest BCUT2D eigenvalue weighted by molar-refractivity contribution is 5.38. The van der Waals surface area contributed by atoms with Gasteiger partial charge in [-0.1, -0.05) is 50.1 Å². The van der Waals surface area contributed by atoms with Gasteiger partial charge in [-0.15, -0.1) is 0 Å². The minimum absolute atomic E-state index is 0.313. The smallest absolute Gasteiger partial charge is 0.417 e. The Morgan fingerprint density at radius 1 is 1.33 bits per heavy atom. The zero-order valence-corrected chi connectivity index (χ0v) is 9.11. The Morgan fingerprint density at radius 2 is 2.07 bits per heavy atom. The van der Waals surface area contributed by atoms with Gasteiger partial charge in [-0.25, -0.2) is 4.79 Å². The summed E-state index contributed by atoms with van der Waals surface area (Å²) in [5.74, 6) is 0.313. The fourth-order valence-electron chi connectivity index (χ4n) is 1.66. The van der Waals surface area contributed by atoms with Crippen LogP contribution in [0.1, 0.15) is 37.7 Å². The molecule has 0 aliphatic rings. The van der Waals surface area contributed by atoms with Crippen molar-refractivity contribution in [3.8, 4) is 0 Å². The second-order valence-electron chi connectivity index (χ2n) is 3.64. The first-order valence-corrected chi connectivity index (χ1v) is 5.42.